The van der Waals surface area contributed by atoms with E-state index < -0.39 is 0 Å². The molecule has 72 valence electrons. The normalized spacial score (nSPS) is 10.1. The van der Waals surface area contributed by atoms with Crippen LogP contribution in [-0.2, 0) is 7.05 Å². The van der Waals surface area contributed by atoms with E-state index in [1.54, 1.807) is 20.2 Å². The molecule has 5 nitrogen and oxygen atoms in total. The van der Waals surface area contributed by atoms with Crippen LogP contribution in [0.5, 0.6) is 5.88 Å². The minimum atomic E-state index is -0.362. The van der Waals surface area contributed by atoms with Crippen molar-refractivity contribution in [2.45, 2.75) is 6.92 Å². The van der Waals surface area contributed by atoms with Gasteiger partial charge in [0, 0.05) is 18.8 Å². The van der Waals surface area contributed by atoms with Crippen LogP contribution in [0.4, 0.5) is 0 Å². The first-order valence-corrected chi connectivity index (χ1v) is 3.93. The van der Waals surface area contributed by atoms with Crippen molar-refractivity contribution in [3.63, 3.8) is 0 Å². The van der Waals surface area contributed by atoms with Crippen molar-refractivity contribution < 1.29 is 9.84 Å². The van der Waals surface area contributed by atoms with E-state index in [9.17, 15) is 4.79 Å². The molecule has 0 saturated heterocycles. The standard InChI is InChI=1S/C8H12N2O3/c1-6-5-10(2)8(12)9-7(6)13-4-3-11/h5,11H,3-4H2,1-2H3. The lowest BCUT2D eigenvalue weighted by Gasteiger charge is -2.06. The van der Waals surface area contributed by atoms with Crippen LogP contribution in [-0.4, -0.2) is 27.9 Å². The lowest BCUT2D eigenvalue weighted by atomic mass is 10.4. The molecule has 0 fully saturated rings. The Morgan fingerprint density at radius 3 is 3.00 bits per heavy atom. The maximum atomic E-state index is 11.1. The van der Waals surface area contributed by atoms with E-state index in [2.05, 4.69) is 4.98 Å². The van der Waals surface area contributed by atoms with Crippen molar-refractivity contribution in [3.05, 3.63) is 22.2 Å². The van der Waals surface area contributed by atoms with E-state index in [-0.39, 0.29) is 24.8 Å². The SMILES string of the molecule is Cc1cn(C)c(=O)nc1OCCO. The maximum absolute atomic E-state index is 11.1. The molecule has 1 aromatic heterocycles. The predicted molar refractivity (Wildman–Crippen MR) is 46.8 cm³/mol. The van der Waals surface area contributed by atoms with Gasteiger partial charge in [0.05, 0.1) is 6.61 Å². The number of ether oxygens (including phenoxy) is 1. The first-order valence-electron chi connectivity index (χ1n) is 3.93. The molecule has 0 aliphatic carbocycles. The third-order valence-electron chi connectivity index (χ3n) is 1.55. The predicted octanol–water partition coefficient (Wildman–Crippen LogP) is -0.540. The Hall–Kier alpha value is -1.36. The van der Waals surface area contributed by atoms with Gasteiger partial charge in [-0.2, -0.15) is 4.98 Å². The van der Waals surface area contributed by atoms with Crippen molar-refractivity contribution in [3.8, 4) is 5.88 Å². The van der Waals surface area contributed by atoms with Crippen LogP contribution in [0.15, 0.2) is 11.0 Å². The fourth-order valence-corrected chi connectivity index (χ4v) is 0.943. The molecule has 0 spiro atoms. The van der Waals surface area contributed by atoms with E-state index in [0.717, 1.165) is 5.56 Å². The van der Waals surface area contributed by atoms with E-state index in [0.29, 0.717) is 0 Å². The molecule has 1 heterocycles. The van der Waals surface area contributed by atoms with Gasteiger partial charge in [-0.05, 0) is 6.92 Å². The Balaban J connectivity index is 2.95. The monoisotopic (exact) mass is 184 g/mol. The van der Waals surface area contributed by atoms with Gasteiger partial charge in [-0.15, -0.1) is 0 Å². The number of rotatable bonds is 3. The molecule has 0 unspecified atom stereocenters. The topological polar surface area (TPSA) is 64.4 Å². The van der Waals surface area contributed by atoms with Crippen LogP contribution in [0.3, 0.4) is 0 Å². The summed E-state index contributed by atoms with van der Waals surface area (Å²) < 4.78 is 6.42. The molecule has 0 aliphatic rings. The van der Waals surface area contributed by atoms with Crippen LogP contribution in [0.25, 0.3) is 0 Å². The second-order valence-corrected chi connectivity index (χ2v) is 2.69. The molecule has 0 bridgehead atoms. The average molecular weight is 184 g/mol. The molecular weight excluding hydrogens is 172 g/mol. The quantitative estimate of drug-likeness (QED) is 0.685. The summed E-state index contributed by atoms with van der Waals surface area (Å²) in [7, 11) is 1.62. The molecule has 13 heavy (non-hydrogen) atoms. The summed E-state index contributed by atoms with van der Waals surface area (Å²) in [6, 6.07) is 0. The highest BCUT2D eigenvalue weighted by atomic mass is 16.5. The van der Waals surface area contributed by atoms with Gasteiger partial charge < -0.3 is 14.4 Å². The summed E-state index contributed by atoms with van der Waals surface area (Å²) in [6.07, 6.45) is 1.64. The Labute approximate surface area is 75.6 Å². The zero-order chi connectivity index (χ0) is 9.84. The molecule has 1 rings (SSSR count). The molecule has 0 amide bonds. The number of hydrogen-bond donors (Lipinski definition) is 1. The van der Waals surface area contributed by atoms with Crippen molar-refractivity contribution in [1.29, 1.82) is 0 Å². The molecule has 1 aromatic rings. The first kappa shape index (κ1) is 9.73. The summed E-state index contributed by atoms with van der Waals surface area (Å²) in [5, 5.41) is 8.51. The third kappa shape index (κ3) is 2.29. The average Bonchev–Trinajstić information content (AvgIpc) is 2.09. The third-order valence-corrected chi connectivity index (χ3v) is 1.55. The summed E-state index contributed by atoms with van der Waals surface area (Å²) >= 11 is 0. The summed E-state index contributed by atoms with van der Waals surface area (Å²) in [4.78, 5) is 14.7. The molecule has 0 radical (unpaired) electrons. The molecular formula is C8H12N2O3. The van der Waals surface area contributed by atoms with Gasteiger partial charge in [0.2, 0.25) is 5.88 Å². The molecule has 0 aliphatic heterocycles. The fraction of sp³-hybridized carbons (Fsp3) is 0.500. The Bertz CT molecular complexity index is 346. The smallest absolute Gasteiger partial charge is 0.350 e. The van der Waals surface area contributed by atoms with Crippen molar-refractivity contribution in [2.24, 2.45) is 7.05 Å². The number of aliphatic hydroxyl groups excluding tert-OH is 1. The van der Waals surface area contributed by atoms with Crippen molar-refractivity contribution in [1.82, 2.24) is 9.55 Å². The zero-order valence-corrected chi connectivity index (χ0v) is 7.65. The highest BCUT2D eigenvalue weighted by molar-refractivity contribution is 5.20. The molecule has 0 saturated carbocycles. The van der Waals surface area contributed by atoms with E-state index in [1.165, 1.54) is 4.57 Å². The van der Waals surface area contributed by atoms with Crippen LogP contribution in [0.2, 0.25) is 0 Å². The summed E-state index contributed by atoms with van der Waals surface area (Å²) in [6.45, 7) is 1.86. The summed E-state index contributed by atoms with van der Waals surface area (Å²) in [5.41, 5.74) is 0.411. The second kappa shape index (κ2) is 4.04. The number of hydrogen-bond acceptors (Lipinski definition) is 4. The number of aliphatic hydroxyl groups is 1. The Morgan fingerprint density at radius 1 is 1.69 bits per heavy atom. The first-order chi connectivity index (χ1) is 6.15. The van der Waals surface area contributed by atoms with Crippen LogP contribution >= 0.6 is 0 Å². The maximum Gasteiger partial charge on any atom is 0.350 e. The van der Waals surface area contributed by atoms with Gasteiger partial charge >= 0.3 is 5.69 Å². The fourth-order valence-electron chi connectivity index (χ4n) is 0.943. The van der Waals surface area contributed by atoms with E-state index in [1.807, 2.05) is 0 Å². The zero-order valence-electron chi connectivity index (χ0n) is 7.65. The molecule has 5 heteroatoms. The van der Waals surface area contributed by atoms with E-state index in [4.69, 9.17) is 9.84 Å². The number of aryl methyl sites for hydroxylation is 2. The molecule has 0 aromatic carbocycles. The lowest BCUT2D eigenvalue weighted by molar-refractivity contribution is 0.195. The van der Waals surface area contributed by atoms with Gasteiger partial charge in [0.15, 0.2) is 0 Å². The minimum Gasteiger partial charge on any atom is -0.475 e. The van der Waals surface area contributed by atoms with Crippen LogP contribution < -0.4 is 10.4 Å². The molecule has 0 atom stereocenters. The summed E-state index contributed by atoms with van der Waals surface area (Å²) in [5.74, 6) is 0.289. The minimum absolute atomic E-state index is 0.0870. The highest BCUT2D eigenvalue weighted by Gasteiger charge is 2.03. The molecule has 1 N–H and O–H groups in total. The van der Waals surface area contributed by atoms with Crippen molar-refractivity contribution >= 4 is 0 Å². The second-order valence-electron chi connectivity index (χ2n) is 2.69. The lowest BCUT2D eigenvalue weighted by Crippen LogP contribution is -2.21. The van der Waals surface area contributed by atoms with Crippen molar-refractivity contribution in [2.75, 3.05) is 13.2 Å². The Kier molecular flexibility index (Phi) is 3.02. The number of aromatic nitrogens is 2. The Morgan fingerprint density at radius 2 is 2.38 bits per heavy atom. The van der Waals surface area contributed by atoms with Crippen LogP contribution in [0, 0.1) is 6.92 Å². The van der Waals surface area contributed by atoms with Gasteiger partial charge in [-0.3, -0.25) is 0 Å². The largest absolute Gasteiger partial charge is 0.475 e. The van der Waals surface area contributed by atoms with Crippen LogP contribution in [0.1, 0.15) is 5.56 Å². The van der Waals surface area contributed by atoms with Gasteiger partial charge in [-0.1, -0.05) is 0 Å². The highest BCUT2D eigenvalue weighted by Crippen LogP contribution is 2.09. The van der Waals surface area contributed by atoms with Gasteiger partial charge in [-0.25, -0.2) is 4.79 Å². The number of nitrogens with zero attached hydrogens (tertiary/aromatic N) is 2. The van der Waals surface area contributed by atoms with Gasteiger partial charge in [0.1, 0.15) is 6.61 Å². The van der Waals surface area contributed by atoms with E-state index >= 15 is 0 Å². The van der Waals surface area contributed by atoms with Gasteiger partial charge in [0.25, 0.3) is 0 Å².